The van der Waals surface area contributed by atoms with Gasteiger partial charge in [0, 0.05) is 32.1 Å². The van der Waals surface area contributed by atoms with Crippen molar-refractivity contribution in [2.24, 2.45) is 4.99 Å². The number of hydrogen-bond acceptors (Lipinski definition) is 6. The molecule has 2 heterocycles. The second-order valence-electron chi connectivity index (χ2n) is 7.76. The van der Waals surface area contributed by atoms with Crippen LogP contribution in [0.3, 0.4) is 0 Å². The van der Waals surface area contributed by atoms with Crippen molar-refractivity contribution < 1.29 is 4.52 Å². The van der Waals surface area contributed by atoms with E-state index in [9.17, 15) is 5.26 Å². The first-order chi connectivity index (χ1) is 16.0. The third-order valence-electron chi connectivity index (χ3n) is 5.53. The highest BCUT2D eigenvalue weighted by molar-refractivity contribution is 14.0. The van der Waals surface area contributed by atoms with Crippen molar-refractivity contribution in [3.63, 3.8) is 0 Å². The molecule has 3 rings (SSSR count). The average molecular weight is 576 g/mol. The highest BCUT2D eigenvalue weighted by atomic mass is 127. The quantitative estimate of drug-likeness (QED) is 0.153. The fourth-order valence-corrected chi connectivity index (χ4v) is 3.65. The van der Waals surface area contributed by atoms with E-state index in [1.165, 1.54) is 0 Å². The molecule has 3 aromatic rings. The maximum absolute atomic E-state index is 9.59. The van der Waals surface area contributed by atoms with Crippen molar-refractivity contribution in [2.45, 2.75) is 53.0 Å². The summed E-state index contributed by atoms with van der Waals surface area (Å²) in [5, 5.41) is 25.0. The summed E-state index contributed by atoms with van der Waals surface area (Å²) in [5.74, 6) is 1.97. The number of anilines is 1. The van der Waals surface area contributed by atoms with E-state index >= 15 is 0 Å². The molecule has 0 bridgehead atoms. The minimum absolute atomic E-state index is 0. The molecule has 0 spiro atoms. The molecule has 1 aromatic carbocycles. The predicted molar refractivity (Wildman–Crippen MR) is 145 cm³/mol. The molecule has 0 unspecified atom stereocenters. The second kappa shape index (κ2) is 13.0. The van der Waals surface area contributed by atoms with E-state index in [-0.39, 0.29) is 24.0 Å². The molecule has 0 saturated heterocycles. The highest BCUT2D eigenvalue weighted by Gasteiger charge is 2.17. The van der Waals surface area contributed by atoms with Gasteiger partial charge in [0.15, 0.2) is 5.96 Å². The van der Waals surface area contributed by atoms with Crippen LogP contribution in [0.1, 0.15) is 54.1 Å². The van der Waals surface area contributed by atoms with Gasteiger partial charge in [-0.3, -0.25) is 4.99 Å². The number of nitrogens with zero attached hydrogens (tertiary/aromatic N) is 5. The van der Waals surface area contributed by atoms with Crippen molar-refractivity contribution in [1.29, 1.82) is 5.26 Å². The molecule has 4 N–H and O–H groups in total. The largest absolute Gasteiger partial charge is 0.382 e. The summed E-state index contributed by atoms with van der Waals surface area (Å²) in [6, 6.07) is 10.1. The molecule has 0 aliphatic heterocycles. The summed E-state index contributed by atoms with van der Waals surface area (Å²) < 4.78 is 7.06. The molecule has 0 radical (unpaired) electrons. The fraction of sp³-hybridized carbons (Fsp3) is 0.417. The van der Waals surface area contributed by atoms with Gasteiger partial charge in [-0.25, -0.2) is 4.68 Å². The maximum Gasteiger partial charge on any atom is 0.191 e. The lowest BCUT2D eigenvalue weighted by Gasteiger charge is -2.12. The first-order valence-corrected chi connectivity index (χ1v) is 11.3. The van der Waals surface area contributed by atoms with Crippen LogP contribution in [0.2, 0.25) is 0 Å². The Morgan fingerprint density at radius 1 is 1.18 bits per heavy atom. The van der Waals surface area contributed by atoms with Crippen molar-refractivity contribution in [2.75, 3.05) is 19.3 Å². The van der Waals surface area contributed by atoms with E-state index in [0.717, 1.165) is 47.5 Å². The van der Waals surface area contributed by atoms with Gasteiger partial charge in [0.25, 0.3) is 0 Å². The van der Waals surface area contributed by atoms with Crippen LogP contribution in [0.4, 0.5) is 5.82 Å². The van der Waals surface area contributed by atoms with Gasteiger partial charge >= 0.3 is 0 Å². The molecule has 0 saturated carbocycles. The lowest BCUT2D eigenvalue weighted by Crippen LogP contribution is -2.37. The average Bonchev–Trinajstić information content (AvgIpc) is 3.38. The normalized spacial score (nSPS) is 11.1. The lowest BCUT2D eigenvalue weighted by atomic mass is 10.1. The molecule has 9 nitrogen and oxygen atoms in total. The van der Waals surface area contributed by atoms with Crippen LogP contribution >= 0.6 is 24.0 Å². The number of aryl methyl sites for hydroxylation is 4. The molecule has 10 heteroatoms. The monoisotopic (exact) mass is 576 g/mol. The lowest BCUT2D eigenvalue weighted by molar-refractivity contribution is 0.380. The smallest absolute Gasteiger partial charge is 0.191 e. The number of aromatic nitrogens is 3. The Bertz CT molecular complexity index is 1120. The summed E-state index contributed by atoms with van der Waals surface area (Å²) in [7, 11) is 1.74. The third-order valence-corrected chi connectivity index (χ3v) is 5.53. The van der Waals surface area contributed by atoms with E-state index in [4.69, 9.17) is 10.3 Å². The Labute approximate surface area is 217 Å². The second-order valence-corrected chi connectivity index (χ2v) is 7.76. The molecule has 2 aromatic heterocycles. The summed E-state index contributed by atoms with van der Waals surface area (Å²) in [6.07, 6.45) is 3.02. The molecular formula is C24H33IN8O. The van der Waals surface area contributed by atoms with Gasteiger partial charge in [-0.1, -0.05) is 36.7 Å². The van der Waals surface area contributed by atoms with E-state index < -0.39 is 0 Å². The van der Waals surface area contributed by atoms with Crippen LogP contribution in [0, 0.1) is 18.3 Å². The number of nitrogens with one attached hydrogen (secondary N) is 2. The van der Waals surface area contributed by atoms with Crippen molar-refractivity contribution in [1.82, 2.24) is 25.6 Å². The standard InChI is InChI=1S/C24H32N8O.HI/c1-5-20-19(22(6-2)33-31-20)15-29-24(27-4)28-13-7-8-21-18(14-25)23(26)32(30-21)17-11-9-16(3)10-12-17;/h9-12H,5-8,13,15,26H2,1-4H3,(H2,27,28,29);1H. The first-order valence-electron chi connectivity index (χ1n) is 11.3. The topological polar surface area (TPSA) is 130 Å². The SMILES string of the molecule is CCc1noc(CC)c1CNC(=NC)NCCCc1nn(-c2ccc(C)cc2)c(N)c1C#N.I. The van der Waals surface area contributed by atoms with Crippen LogP contribution in [-0.4, -0.2) is 34.5 Å². The molecule has 0 atom stereocenters. The first kappa shape index (κ1) is 27.2. The van der Waals surface area contributed by atoms with Crippen LogP contribution < -0.4 is 16.4 Å². The summed E-state index contributed by atoms with van der Waals surface area (Å²) in [4.78, 5) is 4.29. The number of aliphatic imine (C=N–C) groups is 1. The number of nitrogens with two attached hydrogens (primary N) is 1. The van der Waals surface area contributed by atoms with Crippen LogP contribution in [0.25, 0.3) is 5.69 Å². The van der Waals surface area contributed by atoms with Gasteiger partial charge in [0.05, 0.1) is 17.1 Å². The van der Waals surface area contributed by atoms with Crippen molar-refractivity contribution in [3.8, 4) is 11.8 Å². The molecule has 0 aliphatic rings. The Kier molecular flexibility index (Phi) is 10.4. The van der Waals surface area contributed by atoms with Gasteiger partial charge in [0.2, 0.25) is 0 Å². The Balaban J connectivity index is 0.00000408. The van der Waals surface area contributed by atoms with Crippen molar-refractivity contribution in [3.05, 3.63) is 58.1 Å². The van der Waals surface area contributed by atoms with Crippen LogP contribution in [0.15, 0.2) is 33.8 Å². The minimum atomic E-state index is 0. The van der Waals surface area contributed by atoms with Crippen molar-refractivity contribution >= 4 is 35.8 Å². The molecule has 0 fully saturated rings. The fourth-order valence-electron chi connectivity index (χ4n) is 3.65. The Morgan fingerprint density at radius 2 is 1.91 bits per heavy atom. The van der Waals surface area contributed by atoms with E-state index in [2.05, 4.69) is 45.8 Å². The Hall–Kier alpha value is -3.07. The summed E-state index contributed by atoms with van der Waals surface area (Å²) in [6.45, 7) is 7.42. The number of nitriles is 1. The van der Waals surface area contributed by atoms with Gasteiger partial charge in [-0.05, 0) is 38.3 Å². The van der Waals surface area contributed by atoms with Gasteiger partial charge in [0.1, 0.15) is 23.2 Å². The van der Waals surface area contributed by atoms with E-state index in [0.29, 0.717) is 42.5 Å². The Morgan fingerprint density at radius 3 is 2.53 bits per heavy atom. The number of guanidine groups is 1. The van der Waals surface area contributed by atoms with Gasteiger partial charge < -0.3 is 20.9 Å². The third kappa shape index (κ3) is 6.28. The summed E-state index contributed by atoms with van der Waals surface area (Å²) in [5.41, 5.74) is 11.4. The van der Waals surface area contributed by atoms with Gasteiger partial charge in [-0.2, -0.15) is 10.4 Å². The van der Waals surface area contributed by atoms with Crippen LogP contribution in [0.5, 0.6) is 0 Å². The highest BCUT2D eigenvalue weighted by Crippen LogP contribution is 2.22. The number of hydrogen-bond donors (Lipinski definition) is 3. The molecule has 0 aliphatic carbocycles. The van der Waals surface area contributed by atoms with Crippen LogP contribution in [-0.2, 0) is 25.8 Å². The summed E-state index contributed by atoms with van der Waals surface area (Å²) >= 11 is 0. The minimum Gasteiger partial charge on any atom is -0.382 e. The zero-order chi connectivity index (χ0) is 23.8. The molecular weight excluding hydrogens is 543 g/mol. The molecule has 182 valence electrons. The number of halogens is 1. The number of nitrogen functional groups attached to an aromatic ring is 1. The zero-order valence-electron chi connectivity index (χ0n) is 20.2. The number of benzene rings is 1. The predicted octanol–water partition coefficient (Wildman–Crippen LogP) is 3.66. The van der Waals surface area contributed by atoms with E-state index in [1.54, 1.807) is 11.7 Å². The van der Waals surface area contributed by atoms with Gasteiger partial charge in [-0.15, -0.1) is 24.0 Å². The maximum atomic E-state index is 9.59. The number of rotatable bonds is 9. The molecule has 34 heavy (non-hydrogen) atoms. The zero-order valence-corrected chi connectivity index (χ0v) is 22.5. The molecule has 0 amide bonds. The van der Waals surface area contributed by atoms with E-state index in [1.807, 2.05) is 31.2 Å².